The van der Waals surface area contributed by atoms with Gasteiger partial charge in [0.25, 0.3) is 0 Å². The Morgan fingerprint density at radius 3 is 2.65 bits per heavy atom. The fourth-order valence-corrected chi connectivity index (χ4v) is 4.78. The molecule has 1 aliphatic rings. The van der Waals surface area contributed by atoms with Crippen LogP contribution in [0.3, 0.4) is 0 Å². The summed E-state index contributed by atoms with van der Waals surface area (Å²) < 4.78 is 32.9. The Morgan fingerprint density at radius 2 is 2.15 bits per heavy atom. The van der Waals surface area contributed by atoms with Gasteiger partial charge in [0, 0.05) is 18.7 Å². The molecule has 1 fully saturated rings. The molecule has 7 heteroatoms. The molecular weight excluding hydrogens is 344 g/mol. The van der Waals surface area contributed by atoms with E-state index in [1.807, 2.05) is 13.8 Å². The molecule has 5 nitrogen and oxygen atoms in total. The zero-order chi connectivity index (χ0) is 14.9. The second-order valence-corrected chi connectivity index (χ2v) is 8.07. The Bertz CT molecular complexity index is 564. The van der Waals surface area contributed by atoms with Gasteiger partial charge >= 0.3 is 0 Å². The average Bonchev–Trinajstić information content (AvgIpc) is 3.09. The van der Waals surface area contributed by atoms with E-state index < -0.39 is 10.0 Å². The second kappa shape index (κ2) is 6.17. The summed E-state index contributed by atoms with van der Waals surface area (Å²) >= 11 is 3.22. The number of hydrogen-bond donors (Lipinski definition) is 1. The molecule has 1 aromatic heterocycles. The molecule has 1 aliphatic carbocycles. The maximum absolute atomic E-state index is 12.8. The zero-order valence-corrected chi connectivity index (χ0v) is 14.4. The first-order valence-electron chi connectivity index (χ1n) is 6.81. The van der Waals surface area contributed by atoms with Gasteiger partial charge in [0.2, 0.25) is 10.0 Å². The van der Waals surface area contributed by atoms with Crippen LogP contribution >= 0.6 is 15.9 Å². The van der Waals surface area contributed by atoms with Crippen LogP contribution in [0.1, 0.15) is 32.4 Å². The highest BCUT2D eigenvalue weighted by Gasteiger charge is 2.35. The van der Waals surface area contributed by atoms with Gasteiger partial charge in [0.1, 0.15) is 10.7 Å². The summed E-state index contributed by atoms with van der Waals surface area (Å²) in [6, 6.07) is 1.54. The number of sulfonamides is 1. The lowest BCUT2D eigenvalue weighted by atomic mass is 10.3. The highest BCUT2D eigenvalue weighted by molar-refractivity contribution is 9.10. The van der Waals surface area contributed by atoms with Crippen molar-refractivity contribution in [2.24, 2.45) is 5.92 Å². The predicted octanol–water partition coefficient (Wildman–Crippen LogP) is 2.57. The van der Waals surface area contributed by atoms with Gasteiger partial charge in [-0.1, -0.05) is 0 Å². The smallest absolute Gasteiger partial charge is 0.247 e. The van der Waals surface area contributed by atoms with Crippen LogP contribution in [0.4, 0.5) is 0 Å². The lowest BCUT2D eigenvalue weighted by molar-refractivity contribution is 0.341. The molecule has 0 unspecified atom stereocenters. The van der Waals surface area contributed by atoms with Crippen LogP contribution in [0.15, 0.2) is 20.0 Å². The quantitative estimate of drug-likeness (QED) is 0.807. The fourth-order valence-electron chi connectivity index (χ4n) is 2.10. The summed E-state index contributed by atoms with van der Waals surface area (Å²) in [6.07, 6.45) is 2.24. The Balaban J connectivity index is 2.31. The molecule has 1 N–H and O–H groups in total. The van der Waals surface area contributed by atoms with Crippen molar-refractivity contribution in [1.82, 2.24) is 9.62 Å². The van der Waals surface area contributed by atoms with Gasteiger partial charge in [-0.25, -0.2) is 8.42 Å². The molecule has 0 spiro atoms. The van der Waals surface area contributed by atoms with Crippen LogP contribution < -0.4 is 5.32 Å². The molecule has 2 rings (SSSR count). The average molecular weight is 365 g/mol. The summed E-state index contributed by atoms with van der Waals surface area (Å²) in [5.41, 5.74) is 0. The monoisotopic (exact) mass is 364 g/mol. The van der Waals surface area contributed by atoms with Crippen LogP contribution in [0.5, 0.6) is 0 Å². The van der Waals surface area contributed by atoms with Crippen molar-refractivity contribution < 1.29 is 12.8 Å². The van der Waals surface area contributed by atoms with Gasteiger partial charge < -0.3 is 9.73 Å². The molecule has 0 aliphatic heterocycles. The van der Waals surface area contributed by atoms with Crippen molar-refractivity contribution in [1.29, 1.82) is 0 Å². The van der Waals surface area contributed by atoms with Gasteiger partial charge in [-0.2, -0.15) is 4.31 Å². The molecule has 0 amide bonds. The van der Waals surface area contributed by atoms with Gasteiger partial charge in [-0.3, -0.25) is 0 Å². The molecule has 0 bridgehead atoms. The third kappa shape index (κ3) is 3.44. The van der Waals surface area contributed by atoms with Gasteiger partial charge in [-0.15, -0.1) is 0 Å². The summed E-state index contributed by atoms with van der Waals surface area (Å²) in [5.74, 6) is 1.11. The molecule has 114 valence electrons. The second-order valence-electron chi connectivity index (χ2n) is 5.49. The fraction of sp³-hybridized carbons (Fsp3) is 0.692. The third-order valence-electron chi connectivity index (χ3n) is 3.36. The lowest BCUT2D eigenvalue weighted by Gasteiger charge is -2.25. The number of nitrogens with zero attached hydrogens (tertiary/aromatic N) is 1. The summed E-state index contributed by atoms with van der Waals surface area (Å²) in [7, 11) is -1.73. The van der Waals surface area contributed by atoms with Crippen molar-refractivity contribution in [3.63, 3.8) is 0 Å². The van der Waals surface area contributed by atoms with Crippen molar-refractivity contribution in [2.75, 3.05) is 13.6 Å². The lowest BCUT2D eigenvalue weighted by Crippen LogP contribution is -2.38. The van der Waals surface area contributed by atoms with E-state index in [2.05, 4.69) is 21.2 Å². The largest absolute Gasteiger partial charge is 0.452 e. The topological polar surface area (TPSA) is 62.6 Å². The Morgan fingerprint density at radius 1 is 1.50 bits per heavy atom. The molecular formula is C13H21BrN2O3S. The normalized spacial score (nSPS) is 16.3. The minimum absolute atomic E-state index is 0.0600. The Kier molecular flexibility index (Phi) is 4.94. The van der Waals surface area contributed by atoms with Crippen LogP contribution in [0, 0.1) is 5.92 Å². The van der Waals surface area contributed by atoms with E-state index in [1.54, 1.807) is 17.4 Å². The molecule has 20 heavy (non-hydrogen) atoms. The van der Waals surface area contributed by atoms with E-state index in [0.717, 1.165) is 12.8 Å². The van der Waals surface area contributed by atoms with Crippen molar-refractivity contribution in [3.8, 4) is 0 Å². The Labute approximate surface area is 128 Å². The van der Waals surface area contributed by atoms with E-state index in [0.29, 0.717) is 24.8 Å². The molecule has 0 radical (unpaired) electrons. The van der Waals surface area contributed by atoms with Crippen LogP contribution in [-0.2, 0) is 16.6 Å². The number of furan rings is 1. The summed E-state index contributed by atoms with van der Waals surface area (Å²) in [5, 5.41) is 2.95. The minimum Gasteiger partial charge on any atom is -0.452 e. The molecule has 0 atom stereocenters. The zero-order valence-electron chi connectivity index (χ0n) is 12.0. The summed E-state index contributed by atoms with van der Waals surface area (Å²) in [6.45, 7) is 4.91. The van der Waals surface area contributed by atoms with E-state index in [1.165, 1.54) is 0 Å². The molecule has 0 saturated heterocycles. The molecule has 0 aromatic carbocycles. The number of rotatable bonds is 7. The predicted molar refractivity (Wildman–Crippen MR) is 80.9 cm³/mol. The number of nitrogens with one attached hydrogen (secondary N) is 1. The maximum Gasteiger partial charge on any atom is 0.247 e. The highest BCUT2D eigenvalue weighted by atomic mass is 79.9. The first kappa shape index (κ1) is 16.0. The van der Waals surface area contributed by atoms with Crippen LogP contribution in [-0.4, -0.2) is 32.4 Å². The van der Waals surface area contributed by atoms with Crippen molar-refractivity contribution in [3.05, 3.63) is 16.5 Å². The van der Waals surface area contributed by atoms with E-state index in [-0.39, 0.29) is 15.6 Å². The number of halogens is 1. The van der Waals surface area contributed by atoms with Crippen LogP contribution in [0.2, 0.25) is 0 Å². The summed E-state index contributed by atoms with van der Waals surface area (Å²) in [4.78, 5) is 0.220. The standard InChI is InChI=1S/C13H21BrN2O3S/c1-9(2)16(8-10-4-5-10)20(17,18)12-6-11(7-15-3)19-13(12)14/h6,9-10,15H,4-5,7-8H2,1-3H3. The highest BCUT2D eigenvalue weighted by Crippen LogP contribution is 2.35. The molecule has 1 aromatic rings. The van der Waals surface area contributed by atoms with Crippen molar-refractivity contribution >= 4 is 26.0 Å². The van der Waals surface area contributed by atoms with Gasteiger partial charge in [0.05, 0.1) is 6.54 Å². The molecule has 1 saturated carbocycles. The first-order chi connectivity index (χ1) is 9.36. The SMILES string of the molecule is CNCc1cc(S(=O)(=O)N(CC2CC2)C(C)C)c(Br)o1. The van der Waals surface area contributed by atoms with Gasteiger partial charge in [0.15, 0.2) is 4.67 Å². The maximum atomic E-state index is 12.8. The third-order valence-corrected chi connectivity index (χ3v) is 6.25. The van der Waals surface area contributed by atoms with Crippen molar-refractivity contribution in [2.45, 2.75) is 44.2 Å². The van der Waals surface area contributed by atoms with Crippen LogP contribution in [0.25, 0.3) is 0 Å². The van der Waals surface area contributed by atoms with Gasteiger partial charge in [-0.05, 0) is 55.6 Å². The van der Waals surface area contributed by atoms with E-state index >= 15 is 0 Å². The molecule has 1 heterocycles. The first-order valence-corrected chi connectivity index (χ1v) is 9.04. The van der Waals surface area contributed by atoms with E-state index in [9.17, 15) is 8.42 Å². The minimum atomic E-state index is -3.52. The number of hydrogen-bond acceptors (Lipinski definition) is 4. The van der Waals surface area contributed by atoms with E-state index in [4.69, 9.17) is 4.42 Å². The Hall–Kier alpha value is -0.370.